The number of anilines is 1. The molecule has 1 aromatic carbocycles. The molecule has 0 atom stereocenters. The molecule has 0 saturated heterocycles. The zero-order valence-corrected chi connectivity index (χ0v) is 12.9. The minimum Gasteiger partial charge on any atom is -0.462 e. The van der Waals surface area contributed by atoms with Gasteiger partial charge in [0.25, 0.3) is 5.56 Å². The van der Waals surface area contributed by atoms with Crippen LogP contribution in [0.4, 0.5) is 5.69 Å². The fourth-order valence-electron chi connectivity index (χ4n) is 2.28. The van der Waals surface area contributed by atoms with Crippen LogP contribution < -0.4 is 11.3 Å². The molecule has 0 saturated carbocycles. The average molecular weight is 333 g/mol. The van der Waals surface area contributed by atoms with Crippen LogP contribution in [0.15, 0.2) is 35.3 Å². The molecule has 0 aliphatic carbocycles. The number of carbonyl (C=O) groups is 1. The molecule has 0 fully saturated rings. The number of aromatic amines is 1. The van der Waals surface area contributed by atoms with Crippen LogP contribution in [0.2, 0.25) is 5.02 Å². The van der Waals surface area contributed by atoms with Gasteiger partial charge >= 0.3 is 5.97 Å². The number of H-pyrrole nitrogens is 1. The second kappa shape index (κ2) is 5.77. The Hall–Kier alpha value is -2.80. The van der Waals surface area contributed by atoms with Crippen molar-refractivity contribution in [2.75, 3.05) is 12.3 Å². The number of pyridine rings is 1. The molecule has 3 rings (SSSR count). The van der Waals surface area contributed by atoms with Gasteiger partial charge in [-0.3, -0.25) is 4.79 Å². The van der Waals surface area contributed by atoms with E-state index in [4.69, 9.17) is 22.1 Å². The number of nitrogens with zero attached hydrogens (tertiary/aromatic N) is 2. The minimum atomic E-state index is -0.757. The van der Waals surface area contributed by atoms with E-state index in [1.54, 1.807) is 31.2 Å². The smallest absolute Gasteiger partial charge is 0.345 e. The van der Waals surface area contributed by atoms with Crippen LogP contribution in [0.5, 0.6) is 0 Å². The van der Waals surface area contributed by atoms with Crippen molar-refractivity contribution in [3.63, 3.8) is 0 Å². The first-order valence-electron chi connectivity index (χ1n) is 6.85. The van der Waals surface area contributed by atoms with Gasteiger partial charge in [-0.15, -0.1) is 0 Å². The lowest BCUT2D eigenvalue weighted by atomic mass is 10.2. The van der Waals surface area contributed by atoms with Crippen molar-refractivity contribution >= 4 is 34.3 Å². The normalized spacial score (nSPS) is 10.9. The molecule has 2 heterocycles. The summed E-state index contributed by atoms with van der Waals surface area (Å²) < 4.78 is 6.37. The molecular formula is C15H13ClN4O3. The third kappa shape index (κ3) is 2.55. The number of ether oxygens (including phenoxy) is 1. The summed E-state index contributed by atoms with van der Waals surface area (Å²) in [5.74, 6) is -0.757. The van der Waals surface area contributed by atoms with Gasteiger partial charge in [-0.1, -0.05) is 11.6 Å². The van der Waals surface area contributed by atoms with Crippen molar-refractivity contribution in [3.05, 3.63) is 51.4 Å². The molecule has 0 spiro atoms. The molecule has 2 aromatic heterocycles. The van der Waals surface area contributed by atoms with Crippen molar-refractivity contribution in [2.24, 2.45) is 0 Å². The monoisotopic (exact) mass is 332 g/mol. The lowest BCUT2D eigenvalue weighted by molar-refractivity contribution is 0.0526. The van der Waals surface area contributed by atoms with Gasteiger partial charge in [0.2, 0.25) is 0 Å². The Kier molecular flexibility index (Phi) is 3.79. The second-order valence-electron chi connectivity index (χ2n) is 4.76. The Morgan fingerprint density at radius 3 is 2.74 bits per heavy atom. The van der Waals surface area contributed by atoms with E-state index in [2.05, 4.69) is 10.1 Å². The SMILES string of the molecule is CCOC(=O)c1c(N)c2cnn(-c3ccc(Cl)cc3)c2[nH]c1=O. The molecule has 3 N–H and O–H groups in total. The summed E-state index contributed by atoms with van der Waals surface area (Å²) in [6, 6.07) is 6.92. The van der Waals surface area contributed by atoms with Crippen molar-refractivity contribution in [1.29, 1.82) is 0 Å². The molecule has 0 unspecified atom stereocenters. The van der Waals surface area contributed by atoms with E-state index in [0.717, 1.165) is 0 Å². The minimum absolute atomic E-state index is 0.0439. The Morgan fingerprint density at radius 1 is 1.39 bits per heavy atom. The molecule has 8 heteroatoms. The van der Waals surface area contributed by atoms with Crippen LogP contribution in [0, 0.1) is 0 Å². The summed E-state index contributed by atoms with van der Waals surface area (Å²) in [4.78, 5) is 26.7. The molecule has 0 bridgehead atoms. The fourth-order valence-corrected chi connectivity index (χ4v) is 2.40. The number of carbonyl (C=O) groups excluding carboxylic acids is 1. The van der Waals surface area contributed by atoms with E-state index >= 15 is 0 Å². The van der Waals surface area contributed by atoms with Gasteiger partial charge in [0, 0.05) is 5.02 Å². The van der Waals surface area contributed by atoms with E-state index in [1.807, 2.05) is 0 Å². The highest BCUT2D eigenvalue weighted by molar-refractivity contribution is 6.30. The largest absolute Gasteiger partial charge is 0.462 e. The second-order valence-corrected chi connectivity index (χ2v) is 5.19. The molecule has 0 radical (unpaired) electrons. The summed E-state index contributed by atoms with van der Waals surface area (Å²) >= 11 is 5.87. The first kappa shape index (κ1) is 15.1. The molecule has 0 aliphatic rings. The highest BCUT2D eigenvalue weighted by atomic mass is 35.5. The predicted octanol–water partition coefficient (Wildman–Crippen LogP) is 2.13. The number of aromatic nitrogens is 3. The van der Waals surface area contributed by atoms with Crippen molar-refractivity contribution in [3.8, 4) is 5.69 Å². The maximum absolute atomic E-state index is 12.2. The number of nitrogens with one attached hydrogen (secondary N) is 1. The van der Waals surface area contributed by atoms with Crippen LogP contribution in [0.3, 0.4) is 0 Å². The Balaban J connectivity index is 2.21. The van der Waals surface area contributed by atoms with Gasteiger partial charge in [0.15, 0.2) is 0 Å². The topological polar surface area (TPSA) is 103 Å². The van der Waals surface area contributed by atoms with Gasteiger partial charge in [-0.25, -0.2) is 9.48 Å². The lowest BCUT2D eigenvalue weighted by Crippen LogP contribution is -2.22. The number of hydrogen-bond acceptors (Lipinski definition) is 5. The highest BCUT2D eigenvalue weighted by Crippen LogP contribution is 2.23. The number of benzene rings is 1. The maximum Gasteiger partial charge on any atom is 0.345 e. The van der Waals surface area contributed by atoms with Gasteiger partial charge < -0.3 is 15.5 Å². The fraction of sp³-hybridized carbons (Fsp3) is 0.133. The van der Waals surface area contributed by atoms with Gasteiger partial charge in [0.1, 0.15) is 11.2 Å². The van der Waals surface area contributed by atoms with E-state index in [9.17, 15) is 9.59 Å². The van der Waals surface area contributed by atoms with Crippen LogP contribution >= 0.6 is 11.6 Å². The average Bonchev–Trinajstić information content (AvgIpc) is 2.92. The predicted molar refractivity (Wildman–Crippen MR) is 87.1 cm³/mol. The Morgan fingerprint density at radius 2 is 2.09 bits per heavy atom. The van der Waals surface area contributed by atoms with E-state index in [0.29, 0.717) is 21.7 Å². The number of nitrogen functional groups attached to an aromatic ring is 1. The molecule has 7 nitrogen and oxygen atoms in total. The number of fused-ring (bicyclic) bond motifs is 1. The van der Waals surface area contributed by atoms with Crippen LogP contribution in [0.25, 0.3) is 16.7 Å². The van der Waals surface area contributed by atoms with Crippen LogP contribution in [0.1, 0.15) is 17.3 Å². The first-order chi connectivity index (χ1) is 11.0. The zero-order valence-electron chi connectivity index (χ0n) is 12.2. The van der Waals surface area contributed by atoms with Crippen molar-refractivity contribution in [2.45, 2.75) is 6.92 Å². The molecule has 0 aliphatic heterocycles. The third-order valence-corrected chi connectivity index (χ3v) is 3.59. The zero-order chi connectivity index (χ0) is 16.6. The summed E-state index contributed by atoms with van der Waals surface area (Å²) in [7, 11) is 0. The highest BCUT2D eigenvalue weighted by Gasteiger charge is 2.21. The lowest BCUT2D eigenvalue weighted by Gasteiger charge is -2.07. The van der Waals surface area contributed by atoms with Crippen LogP contribution in [-0.4, -0.2) is 27.3 Å². The maximum atomic E-state index is 12.2. The standard InChI is InChI=1S/C15H13ClN4O3/c1-2-23-15(22)11-12(17)10-7-18-20(13(10)19-14(11)21)9-5-3-8(16)4-6-9/h3-7H,2H2,1H3,(H3,17,19,21). The van der Waals surface area contributed by atoms with E-state index < -0.39 is 11.5 Å². The quantitative estimate of drug-likeness (QED) is 0.715. The number of nitrogens with two attached hydrogens (primary N) is 1. The summed E-state index contributed by atoms with van der Waals surface area (Å²) in [5.41, 5.74) is 6.27. The number of hydrogen-bond donors (Lipinski definition) is 2. The summed E-state index contributed by atoms with van der Waals surface area (Å²) in [6.07, 6.45) is 1.48. The van der Waals surface area contributed by atoms with Crippen LogP contribution in [-0.2, 0) is 4.74 Å². The van der Waals surface area contributed by atoms with Crippen molar-refractivity contribution < 1.29 is 9.53 Å². The van der Waals surface area contributed by atoms with E-state index in [1.165, 1.54) is 10.9 Å². The van der Waals surface area contributed by atoms with Gasteiger partial charge in [0.05, 0.1) is 29.6 Å². The molecule has 0 amide bonds. The number of halogens is 1. The third-order valence-electron chi connectivity index (χ3n) is 3.34. The Labute approximate surface area is 135 Å². The number of rotatable bonds is 3. The first-order valence-corrected chi connectivity index (χ1v) is 7.23. The van der Waals surface area contributed by atoms with Gasteiger partial charge in [-0.2, -0.15) is 5.10 Å². The van der Waals surface area contributed by atoms with E-state index in [-0.39, 0.29) is 17.9 Å². The molecule has 118 valence electrons. The van der Waals surface area contributed by atoms with Crippen molar-refractivity contribution in [1.82, 2.24) is 14.8 Å². The molecular weight excluding hydrogens is 320 g/mol. The summed E-state index contributed by atoms with van der Waals surface area (Å²) in [5, 5.41) is 5.26. The molecule has 23 heavy (non-hydrogen) atoms. The Bertz CT molecular complexity index is 944. The van der Waals surface area contributed by atoms with Gasteiger partial charge in [-0.05, 0) is 31.2 Å². The number of esters is 1. The molecule has 3 aromatic rings. The summed E-state index contributed by atoms with van der Waals surface area (Å²) in [6.45, 7) is 1.80.